The fourth-order valence-electron chi connectivity index (χ4n) is 2.31. The predicted molar refractivity (Wildman–Crippen MR) is 81.4 cm³/mol. The van der Waals surface area contributed by atoms with E-state index in [9.17, 15) is 0 Å². The Bertz CT molecular complexity index is 601. The summed E-state index contributed by atoms with van der Waals surface area (Å²) in [6, 6.07) is 10.0. The average molecular weight is 335 g/mol. The van der Waals surface area contributed by atoms with E-state index < -0.39 is 0 Å². The van der Waals surface area contributed by atoms with E-state index in [0.29, 0.717) is 6.61 Å². The first-order valence-corrected chi connectivity index (χ1v) is 7.24. The Hall–Kier alpha value is -1.75. The summed E-state index contributed by atoms with van der Waals surface area (Å²) in [5.74, 6) is 1.76. The molecule has 3 rings (SSSR count). The van der Waals surface area contributed by atoms with Gasteiger partial charge in [-0.25, -0.2) is 4.98 Å². The Kier molecular flexibility index (Phi) is 3.78. The van der Waals surface area contributed by atoms with Gasteiger partial charge in [0.2, 0.25) is 0 Å². The molecule has 0 aliphatic carbocycles. The third-order valence-corrected chi connectivity index (χ3v) is 3.79. The van der Waals surface area contributed by atoms with Crippen LogP contribution < -0.4 is 14.8 Å². The van der Waals surface area contributed by atoms with Gasteiger partial charge in [-0.2, -0.15) is 0 Å². The van der Waals surface area contributed by atoms with Gasteiger partial charge in [0.25, 0.3) is 0 Å². The van der Waals surface area contributed by atoms with Gasteiger partial charge < -0.3 is 14.8 Å². The van der Waals surface area contributed by atoms with Crippen LogP contribution in [0.4, 0.5) is 5.69 Å². The first-order chi connectivity index (χ1) is 9.76. The lowest BCUT2D eigenvalue weighted by Gasteiger charge is -2.27. The molecule has 20 heavy (non-hydrogen) atoms. The van der Waals surface area contributed by atoms with Crippen LogP contribution in [0.5, 0.6) is 11.5 Å². The maximum atomic E-state index is 5.69. The van der Waals surface area contributed by atoms with E-state index in [-0.39, 0.29) is 6.04 Å². The highest BCUT2D eigenvalue weighted by Crippen LogP contribution is 2.36. The number of rotatable bonds is 3. The highest BCUT2D eigenvalue weighted by atomic mass is 79.9. The van der Waals surface area contributed by atoms with Gasteiger partial charge in [0.15, 0.2) is 0 Å². The number of fused-ring (bicyclic) bond motifs is 1. The lowest BCUT2D eigenvalue weighted by atomic mass is 10.00. The Morgan fingerprint density at radius 3 is 3.00 bits per heavy atom. The lowest BCUT2D eigenvalue weighted by Crippen LogP contribution is -2.20. The van der Waals surface area contributed by atoms with E-state index in [1.165, 1.54) is 0 Å². The second-order valence-electron chi connectivity index (χ2n) is 4.61. The maximum Gasteiger partial charge on any atom is 0.124 e. The summed E-state index contributed by atoms with van der Waals surface area (Å²) < 4.78 is 11.8. The smallest absolute Gasteiger partial charge is 0.124 e. The molecule has 0 fully saturated rings. The molecule has 104 valence electrons. The van der Waals surface area contributed by atoms with E-state index in [1.807, 2.05) is 36.5 Å². The summed E-state index contributed by atoms with van der Waals surface area (Å²) in [5, 5.41) is 3.50. The van der Waals surface area contributed by atoms with Crippen LogP contribution >= 0.6 is 15.9 Å². The van der Waals surface area contributed by atoms with Crippen molar-refractivity contribution in [2.75, 3.05) is 19.0 Å². The van der Waals surface area contributed by atoms with Crippen LogP contribution in [0.3, 0.4) is 0 Å². The molecule has 2 aromatic rings. The van der Waals surface area contributed by atoms with Gasteiger partial charge >= 0.3 is 0 Å². The molecule has 0 radical (unpaired) electrons. The first-order valence-electron chi connectivity index (χ1n) is 6.45. The zero-order valence-electron chi connectivity index (χ0n) is 11.1. The van der Waals surface area contributed by atoms with Crippen molar-refractivity contribution in [3.05, 3.63) is 46.7 Å². The number of benzene rings is 1. The zero-order valence-corrected chi connectivity index (χ0v) is 12.7. The molecule has 2 heterocycles. The largest absolute Gasteiger partial charge is 0.497 e. The van der Waals surface area contributed by atoms with Gasteiger partial charge in [-0.05, 0) is 46.3 Å². The molecule has 0 saturated heterocycles. The minimum absolute atomic E-state index is 0.205. The van der Waals surface area contributed by atoms with Gasteiger partial charge in [-0.15, -0.1) is 0 Å². The number of pyridine rings is 1. The number of hydrogen-bond donors (Lipinski definition) is 1. The standard InChI is InChI=1S/C15H15BrN2O2/c1-19-11-3-4-14-12(8-11)13(6-7-20-14)18-10-2-5-15(16)17-9-10/h2-5,8-9,13,18H,6-7H2,1H3. The molecular weight excluding hydrogens is 320 g/mol. The van der Waals surface area contributed by atoms with Crippen LogP contribution in [0, 0.1) is 0 Å². The Morgan fingerprint density at radius 1 is 1.35 bits per heavy atom. The summed E-state index contributed by atoms with van der Waals surface area (Å²) in [7, 11) is 1.67. The average Bonchev–Trinajstić information content (AvgIpc) is 2.49. The Balaban J connectivity index is 1.87. The van der Waals surface area contributed by atoms with Crippen molar-refractivity contribution in [2.45, 2.75) is 12.5 Å². The lowest BCUT2D eigenvalue weighted by molar-refractivity contribution is 0.273. The summed E-state index contributed by atoms with van der Waals surface area (Å²) in [6.45, 7) is 0.709. The predicted octanol–water partition coefficient (Wildman–Crippen LogP) is 3.79. The molecule has 0 spiro atoms. The third-order valence-electron chi connectivity index (χ3n) is 3.32. The molecule has 1 aliphatic heterocycles. The van der Waals surface area contributed by atoms with E-state index in [4.69, 9.17) is 9.47 Å². The van der Waals surface area contributed by atoms with Crippen molar-refractivity contribution >= 4 is 21.6 Å². The molecule has 1 atom stereocenters. The Morgan fingerprint density at radius 2 is 2.25 bits per heavy atom. The molecule has 1 unspecified atom stereocenters. The van der Waals surface area contributed by atoms with E-state index in [2.05, 4.69) is 26.2 Å². The first kappa shape index (κ1) is 13.2. The van der Waals surface area contributed by atoms with Gasteiger partial charge in [0.05, 0.1) is 31.6 Å². The number of ether oxygens (including phenoxy) is 2. The van der Waals surface area contributed by atoms with Crippen LogP contribution in [0.2, 0.25) is 0 Å². The number of methoxy groups -OCH3 is 1. The quantitative estimate of drug-likeness (QED) is 0.867. The van der Waals surface area contributed by atoms with Gasteiger partial charge in [-0.1, -0.05) is 0 Å². The van der Waals surface area contributed by atoms with E-state index >= 15 is 0 Å². The van der Waals surface area contributed by atoms with Crippen molar-refractivity contribution in [1.82, 2.24) is 4.98 Å². The summed E-state index contributed by atoms with van der Waals surface area (Å²) in [4.78, 5) is 4.23. The van der Waals surface area contributed by atoms with Crippen LogP contribution in [-0.4, -0.2) is 18.7 Å². The fraction of sp³-hybridized carbons (Fsp3) is 0.267. The van der Waals surface area contributed by atoms with Crippen molar-refractivity contribution in [1.29, 1.82) is 0 Å². The van der Waals surface area contributed by atoms with Gasteiger partial charge in [0.1, 0.15) is 16.1 Å². The maximum absolute atomic E-state index is 5.69. The summed E-state index contributed by atoms with van der Waals surface area (Å²) in [6.07, 6.45) is 2.73. The monoisotopic (exact) mass is 334 g/mol. The molecule has 1 aromatic carbocycles. The summed E-state index contributed by atoms with van der Waals surface area (Å²) in [5.41, 5.74) is 2.12. The van der Waals surface area contributed by atoms with Gasteiger partial charge in [0, 0.05) is 12.0 Å². The van der Waals surface area contributed by atoms with E-state index in [1.54, 1.807) is 7.11 Å². The molecule has 1 aromatic heterocycles. The molecule has 0 amide bonds. The number of anilines is 1. The number of nitrogens with one attached hydrogen (secondary N) is 1. The number of aromatic nitrogens is 1. The zero-order chi connectivity index (χ0) is 13.9. The van der Waals surface area contributed by atoms with Crippen molar-refractivity contribution in [2.24, 2.45) is 0 Å². The normalized spacial score (nSPS) is 17.0. The summed E-state index contributed by atoms with van der Waals surface area (Å²) >= 11 is 3.34. The topological polar surface area (TPSA) is 43.4 Å². The molecule has 1 N–H and O–H groups in total. The third kappa shape index (κ3) is 2.72. The van der Waals surface area contributed by atoms with Crippen LogP contribution in [0.25, 0.3) is 0 Å². The van der Waals surface area contributed by atoms with Gasteiger partial charge in [-0.3, -0.25) is 0 Å². The highest BCUT2D eigenvalue weighted by Gasteiger charge is 2.22. The number of nitrogens with zero attached hydrogens (tertiary/aromatic N) is 1. The SMILES string of the molecule is COc1ccc2c(c1)C(Nc1ccc(Br)nc1)CCO2. The van der Waals surface area contributed by atoms with E-state index in [0.717, 1.165) is 33.8 Å². The fourth-order valence-corrected chi connectivity index (χ4v) is 2.55. The van der Waals surface area contributed by atoms with Crippen LogP contribution in [-0.2, 0) is 0 Å². The van der Waals surface area contributed by atoms with Crippen molar-refractivity contribution in [3.8, 4) is 11.5 Å². The van der Waals surface area contributed by atoms with Crippen LogP contribution in [0.1, 0.15) is 18.0 Å². The molecule has 4 nitrogen and oxygen atoms in total. The number of halogens is 1. The molecular formula is C15H15BrN2O2. The molecule has 0 bridgehead atoms. The minimum Gasteiger partial charge on any atom is -0.497 e. The molecule has 5 heteroatoms. The second kappa shape index (κ2) is 5.71. The second-order valence-corrected chi connectivity index (χ2v) is 5.42. The van der Waals surface area contributed by atoms with Crippen molar-refractivity contribution in [3.63, 3.8) is 0 Å². The number of hydrogen-bond acceptors (Lipinski definition) is 4. The Labute approximate surface area is 126 Å². The molecule has 1 aliphatic rings. The van der Waals surface area contributed by atoms with Crippen molar-refractivity contribution < 1.29 is 9.47 Å². The van der Waals surface area contributed by atoms with Crippen LogP contribution in [0.15, 0.2) is 41.1 Å². The molecule has 0 saturated carbocycles. The minimum atomic E-state index is 0.205. The highest BCUT2D eigenvalue weighted by molar-refractivity contribution is 9.10.